The number of aromatic nitrogens is 2. The van der Waals surface area contributed by atoms with Gasteiger partial charge in [-0.05, 0) is 24.3 Å². The van der Waals surface area contributed by atoms with Crippen LogP contribution in [0.4, 0.5) is 11.4 Å². The molecule has 3 rings (SSSR count). The van der Waals surface area contributed by atoms with E-state index in [0.29, 0.717) is 11.4 Å². The number of anilines is 1. The maximum Gasteiger partial charge on any atom is 0.355 e. The molecule has 1 aromatic heterocycles. The van der Waals surface area contributed by atoms with E-state index in [9.17, 15) is 19.7 Å². The van der Waals surface area contributed by atoms with Crippen molar-refractivity contribution in [2.45, 2.75) is 0 Å². The molecule has 0 radical (unpaired) electrons. The molecule has 0 unspecified atom stereocenters. The van der Waals surface area contributed by atoms with Crippen LogP contribution >= 0.6 is 0 Å². The van der Waals surface area contributed by atoms with Crippen molar-refractivity contribution in [2.24, 2.45) is 0 Å². The summed E-state index contributed by atoms with van der Waals surface area (Å²) in [5.41, 5.74) is 0.612. The average molecular weight is 396 g/mol. The number of esters is 2. The van der Waals surface area contributed by atoms with Gasteiger partial charge in [-0.2, -0.15) is 5.10 Å². The molecule has 0 spiro atoms. The summed E-state index contributed by atoms with van der Waals surface area (Å²) >= 11 is 0. The Morgan fingerprint density at radius 2 is 1.76 bits per heavy atom. The van der Waals surface area contributed by atoms with Crippen molar-refractivity contribution in [1.29, 1.82) is 0 Å². The zero-order valence-corrected chi connectivity index (χ0v) is 15.5. The molecule has 0 fully saturated rings. The van der Waals surface area contributed by atoms with Gasteiger partial charge in [-0.15, -0.1) is 0 Å². The Kier molecular flexibility index (Phi) is 5.54. The fourth-order valence-electron chi connectivity index (χ4n) is 2.75. The number of allylic oxidation sites excluding steroid dienone is 2. The summed E-state index contributed by atoms with van der Waals surface area (Å²) in [7, 11) is 2.40. The lowest BCUT2D eigenvalue weighted by atomic mass is 10.1. The summed E-state index contributed by atoms with van der Waals surface area (Å²) in [5, 5.41) is 15.0. The number of rotatable bonds is 5. The third kappa shape index (κ3) is 3.76. The van der Waals surface area contributed by atoms with Gasteiger partial charge < -0.3 is 14.4 Å². The summed E-state index contributed by atoms with van der Waals surface area (Å²) in [4.78, 5) is 36.7. The Morgan fingerprint density at radius 1 is 1.07 bits per heavy atom. The minimum Gasteiger partial charge on any atom is -0.465 e. The predicted molar refractivity (Wildman–Crippen MR) is 102 cm³/mol. The summed E-state index contributed by atoms with van der Waals surface area (Å²) in [5.74, 6) is -1.48. The Balaban J connectivity index is 2.21. The molecule has 10 nitrogen and oxygen atoms in total. The van der Waals surface area contributed by atoms with E-state index in [2.05, 4.69) is 5.10 Å². The van der Waals surface area contributed by atoms with Crippen molar-refractivity contribution < 1.29 is 24.0 Å². The Morgan fingerprint density at radius 3 is 2.38 bits per heavy atom. The number of carbonyl (C=O) groups excluding carboxylic acids is 2. The maximum absolute atomic E-state index is 12.6. The van der Waals surface area contributed by atoms with Crippen molar-refractivity contribution >= 4 is 23.3 Å². The number of nitrogens with zero attached hydrogens (tertiary/aromatic N) is 4. The van der Waals surface area contributed by atoms with Crippen molar-refractivity contribution in [3.05, 3.63) is 82.5 Å². The van der Waals surface area contributed by atoms with E-state index >= 15 is 0 Å². The number of hydrogen-bond acceptors (Lipinski definition) is 8. The second-order valence-corrected chi connectivity index (χ2v) is 5.71. The molecule has 10 heteroatoms. The quantitative estimate of drug-likeness (QED) is 0.429. The molecular formula is C19H16N4O6. The smallest absolute Gasteiger partial charge is 0.355 e. The lowest BCUT2D eigenvalue weighted by molar-refractivity contribution is -0.384. The Hall–Kier alpha value is -4.21. The number of carbonyl (C=O) groups is 2. The number of hydrogen-bond donors (Lipinski definition) is 0. The molecule has 1 aliphatic rings. The molecule has 0 amide bonds. The lowest BCUT2D eigenvalue weighted by Crippen LogP contribution is -2.27. The van der Waals surface area contributed by atoms with Crippen LogP contribution in [0.5, 0.6) is 0 Å². The maximum atomic E-state index is 12.6. The van der Waals surface area contributed by atoms with E-state index in [4.69, 9.17) is 9.47 Å². The van der Waals surface area contributed by atoms with Gasteiger partial charge in [0.2, 0.25) is 0 Å². The molecule has 0 aliphatic carbocycles. The summed E-state index contributed by atoms with van der Waals surface area (Å²) in [6.45, 7) is 0. The van der Waals surface area contributed by atoms with Gasteiger partial charge in [-0.1, -0.05) is 18.2 Å². The number of ether oxygens (including phenoxy) is 2. The Bertz CT molecular complexity index is 1070. The number of benzene rings is 1. The highest BCUT2D eigenvalue weighted by Gasteiger charge is 2.29. The van der Waals surface area contributed by atoms with Crippen LogP contribution in [0.2, 0.25) is 0 Å². The zero-order valence-electron chi connectivity index (χ0n) is 15.5. The van der Waals surface area contributed by atoms with Gasteiger partial charge in [0.15, 0.2) is 0 Å². The number of para-hydroxylation sites is 2. The van der Waals surface area contributed by atoms with Gasteiger partial charge in [-0.25, -0.2) is 14.3 Å². The molecule has 0 N–H and O–H groups in total. The van der Waals surface area contributed by atoms with Gasteiger partial charge in [0.1, 0.15) is 18.1 Å². The molecule has 0 bridgehead atoms. The molecule has 0 atom stereocenters. The number of methoxy groups -OCH3 is 2. The van der Waals surface area contributed by atoms with Crippen molar-refractivity contribution in [3.63, 3.8) is 0 Å². The van der Waals surface area contributed by atoms with E-state index in [1.54, 1.807) is 42.6 Å². The second-order valence-electron chi connectivity index (χ2n) is 5.71. The van der Waals surface area contributed by atoms with Crippen molar-refractivity contribution in [2.75, 3.05) is 19.1 Å². The largest absolute Gasteiger partial charge is 0.465 e. The van der Waals surface area contributed by atoms with Crippen LogP contribution in [0.25, 0.3) is 5.69 Å². The molecule has 2 aromatic rings. The van der Waals surface area contributed by atoms with Crippen molar-refractivity contribution in [1.82, 2.24) is 9.78 Å². The highest BCUT2D eigenvalue weighted by molar-refractivity contribution is 6.05. The highest BCUT2D eigenvalue weighted by atomic mass is 16.6. The van der Waals surface area contributed by atoms with Gasteiger partial charge in [0, 0.05) is 6.20 Å². The predicted octanol–water partition coefficient (Wildman–Crippen LogP) is 2.27. The first-order chi connectivity index (χ1) is 14.0. The lowest BCUT2D eigenvalue weighted by Gasteiger charge is -2.25. The van der Waals surface area contributed by atoms with Crippen LogP contribution in [0.15, 0.2) is 72.4 Å². The second kappa shape index (κ2) is 8.21. The topological polar surface area (TPSA) is 117 Å². The third-order valence-electron chi connectivity index (χ3n) is 4.06. The fraction of sp³-hybridized carbons (Fsp3) is 0.105. The minimum atomic E-state index is -0.761. The zero-order chi connectivity index (χ0) is 21.0. The monoisotopic (exact) mass is 396 g/mol. The van der Waals surface area contributed by atoms with Crippen LogP contribution in [-0.4, -0.2) is 40.9 Å². The first-order valence-corrected chi connectivity index (χ1v) is 8.31. The van der Waals surface area contributed by atoms with Crippen LogP contribution in [0.1, 0.15) is 0 Å². The molecule has 2 heterocycles. The Labute approximate surface area is 165 Å². The molecule has 1 aliphatic heterocycles. The van der Waals surface area contributed by atoms with Crippen molar-refractivity contribution in [3.8, 4) is 5.69 Å². The molecule has 0 saturated heterocycles. The third-order valence-corrected chi connectivity index (χ3v) is 4.06. The summed E-state index contributed by atoms with van der Waals surface area (Å²) < 4.78 is 11.0. The summed E-state index contributed by atoms with van der Waals surface area (Å²) in [6, 6.07) is 6.78. The molecule has 148 valence electrons. The first-order valence-electron chi connectivity index (χ1n) is 8.31. The van der Waals surface area contributed by atoms with Gasteiger partial charge in [0.05, 0.1) is 36.1 Å². The van der Waals surface area contributed by atoms with E-state index in [1.165, 1.54) is 36.1 Å². The first kappa shape index (κ1) is 19.5. The normalized spacial score (nSPS) is 13.2. The van der Waals surface area contributed by atoms with Crippen LogP contribution in [0, 0.1) is 10.1 Å². The molecular weight excluding hydrogens is 380 g/mol. The SMILES string of the molecule is COC(=O)C1=C(C(=O)OC)N(c2ccccc2-n2cc([N+](=O)[O-])cn2)C=CC=C1. The van der Waals surface area contributed by atoms with E-state index < -0.39 is 16.9 Å². The average Bonchev–Trinajstić information content (AvgIpc) is 3.13. The van der Waals surface area contributed by atoms with Crippen LogP contribution < -0.4 is 4.90 Å². The van der Waals surface area contributed by atoms with E-state index in [1.807, 2.05) is 0 Å². The highest BCUT2D eigenvalue weighted by Crippen LogP contribution is 2.31. The molecule has 29 heavy (non-hydrogen) atoms. The fourth-order valence-corrected chi connectivity index (χ4v) is 2.75. The van der Waals surface area contributed by atoms with E-state index in [0.717, 1.165) is 6.20 Å². The van der Waals surface area contributed by atoms with Gasteiger partial charge in [-0.3, -0.25) is 10.1 Å². The van der Waals surface area contributed by atoms with Gasteiger partial charge in [0.25, 0.3) is 0 Å². The summed E-state index contributed by atoms with van der Waals surface area (Å²) in [6.07, 6.45) is 8.58. The molecule has 1 aromatic carbocycles. The van der Waals surface area contributed by atoms with Crippen LogP contribution in [0.3, 0.4) is 0 Å². The standard InChI is InChI=1S/C19H16N4O6/c1-28-18(24)14-7-5-6-10-21(17(14)19(25)29-2)15-8-3-4-9-16(15)22-12-13(11-20-22)23(26)27/h3-12H,1-2H3. The van der Waals surface area contributed by atoms with Crippen LogP contribution in [-0.2, 0) is 19.1 Å². The van der Waals surface area contributed by atoms with Gasteiger partial charge >= 0.3 is 17.6 Å². The number of nitro groups is 1. The molecule has 0 saturated carbocycles. The minimum absolute atomic E-state index is 0.00870. The van der Waals surface area contributed by atoms with E-state index in [-0.39, 0.29) is 17.0 Å².